The normalized spacial score (nSPS) is 25.7. The fourth-order valence-corrected chi connectivity index (χ4v) is 2.17. The highest BCUT2D eigenvalue weighted by atomic mass is 19.3. The summed E-state index contributed by atoms with van der Waals surface area (Å²) in [6, 6.07) is 0. The summed E-state index contributed by atoms with van der Waals surface area (Å²) in [5.74, 6) is -3.57. The molecule has 1 unspecified atom stereocenters. The van der Waals surface area contributed by atoms with Gasteiger partial charge in [-0.1, -0.05) is 0 Å². The standard InChI is InChI=1S/C10H13F2N3O2/c1-15-7(6(3-14-15)8(16)17-2)9(5-13)4-10(9,11)12/h3H,4-5,13H2,1-2H3. The van der Waals surface area contributed by atoms with Crippen molar-refractivity contribution in [1.29, 1.82) is 0 Å². The Kier molecular flexibility index (Phi) is 2.46. The van der Waals surface area contributed by atoms with E-state index in [9.17, 15) is 13.6 Å². The molecule has 1 heterocycles. The molecule has 94 valence electrons. The van der Waals surface area contributed by atoms with E-state index in [1.807, 2.05) is 0 Å². The summed E-state index contributed by atoms with van der Waals surface area (Å²) < 4.78 is 32.8. The molecule has 5 nitrogen and oxygen atoms in total. The van der Waals surface area contributed by atoms with Crippen molar-refractivity contribution in [1.82, 2.24) is 9.78 Å². The van der Waals surface area contributed by atoms with Gasteiger partial charge in [-0.3, -0.25) is 4.68 Å². The average Bonchev–Trinajstić information content (AvgIpc) is 2.65. The highest BCUT2D eigenvalue weighted by Gasteiger charge is 2.73. The van der Waals surface area contributed by atoms with Crippen LogP contribution in [0.15, 0.2) is 6.20 Å². The van der Waals surface area contributed by atoms with E-state index in [1.54, 1.807) is 0 Å². The molecule has 1 aliphatic rings. The van der Waals surface area contributed by atoms with Gasteiger partial charge in [0.2, 0.25) is 0 Å². The lowest BCUT2D eigenvalue weighted by Crippen LogP contribution is -2.31. The maximum atomic E-state index is 13.5. The van der Waals surface area contributed by atoms with Gasteiger partial charge in [-0.25, -0.2) is 13.6 Å². The number of nitrogens with two attached hydrogens (primary N) is 1. The lowest BCUT2D eigenvalue weighted by atomic mass is 9.98. The van der Waals surface area contributed by atoms with Gasteiger partial charge in [0.05, 0.1) is 24.4 Å². The number of hydrogen-bond donors (Lipinski definition) is 1. The highest BCUT2D eigenvalue weighted by Crippen LogP contribution is 2.61. The molecule has 0 bridgehead atoms. The number of aromatic nitrogens is 2. The van der Waals surface area contributed by atoms with E-state index >= 15 is 0 Å². The number of hydrogen-bond acceptors (Lipinski definition) is 4. The lowest BCUT2D eigenvalue weighted by molar-refractivity contribution is 0.0593. The summed E-state index contributed by atoms with van der Waals surface area (Å²) in [7, 11) is 2.70. The van der Waals surface area contributed by atoms with E-state index in [2.05, 4.69) is 9.84 Å². The number of rotatable bonds is 3. The molecule has 1 saturated carbocycles. The number of esters is 1. The third kappa shape index (κ3) is 1.45. The Labute approximate surface area is 96.5 Å². The fourth-order valence-electron chi connectivity index (χ4n) is 2.17. The molecule has 0 spiro atoms. The number of carbonyl (C=O) groups is 1. The third-order valence-corrected chi connectivity index (χ3v) is 3.24. The summed E-state index contributed by atoms with van der Waals surface area (Å²) in [5, 5.41) is 3.83. The first-order valence-corrected chi connectivity index (χ1v) is 5.08. The molecule has 7 heteroatoms. The van der Waals surface area contributed by atoms with E-state index in [0.717, 1.165) is 0 Å². The summed E-state index contributed by atoms with van der Waals surface area (Å²) >= 11 is 0. The van der Waals surface area contributed by atoms with Crippen molar-refractivity contribution in [2.75, 3.05) is 13.7 Å². The monoisotopic (exact) mass is 245 g/mol. The molecule has 2 rings (SSSR count). The van der Waals surface area contributed by atoms with Crippen molar-refractivity contribution in [3.05, 3.63) is 17.5 Å². The molecule has 1 aromatic heterocycles. The zero-order valence-electron chi connectivity index (χ0n) is 9.54. The van der Waals surface area contributed by atoms with Crippen LogP contribution in [0.1, 0.15) is 22.5 Å². The van der Waals surface area contributed by atoms with Crippen LogP contribution >= 0.6 is 0 Å². The molecule has 1 atom stereocenters. The highest BCUT2D eigenvalue weighted by molar-refractivity contribution is 5.91. The molecule has 2 N–H and O–H groups in total. The number of alkyl halides is 2. The summed E-state index contributed by atoms with van der Waals surface area (Å²) in [4.78, 5) is 11.5. The van der Waals surface area contributed by atoms with E-state index in [0.29, 0.717) is 0 Å². The Morgan fingerprint density at radius 1 is 1.71 bits per heavy atom. The van der Waals surface area contributed by atoms with Crippen LogP contribution in [0.25, 0.3) is 0 Å². The molecule has 1 aromatic rings. The second-order valence-electron chi connectivity index (χ2n) is 4.19. The van der Waals surface area contributed by atoms with Gasteiger partial charge in [-0.15, -0.1) is 0 Å². The summed E-state index contributed by atoms with van der Waals surface area (Å²) in [5.41, 5.74) is 4.16. The predicted octanol–water partition coefficient (Wildman–Crippen LogP) is 0.442. The number of halogens is 2. The summed E-state index contributed by atoms with van der Waals surface area (Å²) in [6.45, 7) is -0.233. The van der Waals surface area contributed by atoms with Crippen LogP contribution in [0.2, 0.25) is 0 Å². The molecule has 1 aliphatic carbocycles. The van der Waals surface area contributed by atoms with Gasteiger partial charge in [0, 0.05) is 20.0 Å². The predicted molar refractivity (Wildman–Crippen MR) is 54.8 cm³/mol. The Morgan fingerprint density at radius 3 is 2.71 bits per heavy atom. The molecule has 1 fully saturated rings. The van der Waals surface area contributed by atoms with Gasteiger partial charge < -0.3 is 10.5 Å². The molecule has 0 aliphatic heterocycles. The van der Waals surface area contributed by atoms with Crippen molar-refractivity contribution < 1.29 is 18.3 Å². The van der Waals surface area contributed by atoms with Crippen LogP contribution in [0.5, 0.6) is 0 Å². The van der Waals surface area contributed by atoms with Gasteiger partial charge in [0.1, 0.15) is 5.56 Å². The number of carbonyl (C=O) groups excluding carboxylic acids is 1. The molecule has 0 saturated heterocycles. The van der Waals surface area contributed by atoms with Gasteiger partial charge in [0.25, 0.3) is 5.92 Å². The van der Waals surface area contributed by atoms with Gasteiger partial charge in [-0.05, 0) is 0 Å². The van der Waals surface area contributed by atoms with Gasteiger partial charge in [0.15, 0.2) is 0 Å². The van der Waals surface area contributed by atoms with Crippen LogP contribution in [-0.2, 0) is 17.2 Å². The number of aryl methyl sites for hydroxylation is 1. The lowest BCUT2D eigenvalue weighted by Gasteiger charge is -2.16. The average molecular weight is 245 g/mol. The number of ether oxygens (including phenoxy) is 1. The van der Waals surface area contributed by atoms with Crippen LogP contribution in [0, 0.1) is 0 Å². The van der Waals surface area contributed by atoms with Crippen molar-refractivity contribution in [3.63, 3.8) is 0 Å². The Morgan fingerprint density at radius 2 is 2.29 bits per heavy atom. The van der Waals surface area contributed by atoms with E-state index < -0.39 is 17.3 Å². The second kappa shape index (κ2) is 3.49. The first-order chi connectivity index (χ1) is 7.89. The topological polar surface area (TPSA) is 70.1 Å². The van der Waals surface area contributed by atoms with E-state index in [1.165, 1.54) is 25.0 Å². The minimum absolute atomic E-state index is 0.0534. The first-order valence-electron chi connectivity index (χ1n) is 5.08. The summed E-state index contributed by atoms with van der Waals surface area (Å²) in [6.07, 6.45) is 0.868. The fraction of sp³-hybridized carbons (Fsp3) is 0.600. The van der Waals surface area contributed by atoms with Crippen molar-refractivity contribution in [2.24, 2.45) is 12.8 Å². The Hall–Kier alpha value is -1.50. The molecule has 17 heavy (non-hydrogen) atoms. The largest absolute Gasteiger partial charge is 0.465 e. The van der Waals surface area contributed by atoms with Gasteiger partial charge in [-0.2, -0.15) is 5.10 Å². The van der Waals surface area contributed by atoms with Crippen LogP contribution in [0.3, 0.4) is 0 Å². The smallest absolute Gasteiger partial charge is 0.341 e. The maximum Gasteiger partial charge on any atom is 0.341 e. The van der Waals surface area contributed by atoms with Crippen LogP contribution in [-0.4, -0.2) is 35.3 Å². The maximum absolute atomic E-state index is 13.5. The molecular weight excluding hydrogens is 232 g/mol. The SMILES string of the molecule is COC(=O)c1cnn(C)c1C1(CN)CC1(F)F. The van der Waals surface area contributed by atoms with Crippen LogP contribution in [0.4, 0.5) is 8.78 Å². The quantitative estimate of drug-likeness (QED) is 0.784. The molecule has 0 radical (unpaired) electrons. The second-order valence-corrected chi connectivity index (χ2v) is 4.19. The minimum Gasteiger partial charge on any atom is -0.465 e. The zero-order chi connectivity index (χ0) is 12.8. The minimum atomic E-state index is -2.89. The van der Waals surface area contributed by atoms with Crippen molar-refractivity contribution >= 4 is 5.97 Å². The third-order valence-electron chi connectivity index (χ3n) is 3.24. The number of methoxy groups -OCH3 is 1. The molecule has 0 aromatic carbocycles. The van der Waals surface area contributed by atoms with Gasteiger partial charge >= 0.3 is 5.97 Å². The Bertz CT molecular complexity index is 472. The molecule has 0 amide bonds. The van der Waals surface area contributed by atoms with E-state index in [-0.39, 0.29) is 24.2 Å². The van der Waals surface area contributed by atoms with Crippen molar-refractivity contribution in [2.45, 2.75) is 17.8 Å². The van der Waals surface area contributed by atoms with E-state index in [4.69, 9.17) is 5.73 Å². The van der Waals surface area contributed by atoms with Crippen molar-refractivity contribution in [3.8, 4) is 0 Å². The number of nitrogens with zero attached hydrogens (tertiary/aromatic N) is 2. The zero-order valence-corrected chi connectivity index (χ0v) is 9.54. The van der Waals surface area contributed by atoms with Crippen LogP contribution < -0.4 is 5.73 Å². The Balaban J connectivity index is 2.53. The molecular formula is C10H13F2N3O2. The first kappa shape index (κ1) is 12.0.